The van der Waals surface area contributed by atoms with Crippen LogP contribution in [0.4, 0.5) is 0 Å². The zero-order chi connectivity index (χ0) is 5.86. The van der Waals surface area contributed by atoms with Gasteiger partial charge in [-0.2, -0.15) is 12.6 Å². The Hall–Kier alpha value is 0.240. The van der Waals surface area contributed by atoms with E-state index in [4.69, 9.17) is 12.2 Å². The molecule has 0 heterocycles. The van der Waals surface area contributed by atoms with Crippen molar-refractivity contribution in [3.8, 4) is 0 Å². The van der Waals surface area contributed by atoms with Gasteiger partial charge in [-0.15, -0.1) is 0 Å². The molecule has 1 nitrogen and oxygen atoms in total. The molecule has 0 aliphatic heterocycles. The van der Waals surface area contributed by atoms with Crippen LogP contribution in [0.2, 0.25) is 0 Å². The van der Waals surface area contributed by atoms with Crippen LogP contribution in [0.15, 0.2) is 0 Å². The summed E-state index contributed by atoms with van der Waals surface area (Å²) in [5.41, 5.74) is 0. The van der Waals surface area contributed by atoms with Crippen LogP contribution in [0.5, 0.6) is 0 Å². The predicted octanol–water partition coefficient (Wildman–Crippen LogP) is 0.851. The van der Waals surface area contributed by atoms with Crippen molar-refractivity contribution >= 4 is 29.8 Å². The van der Waals surface area contributed by atoms with Crippen molar-refractivity contribution in [3.63, 3.8) is 0 Å². The molecule has 0 fully saturated rings. The first-order chi connectivity index (χ1) is 3.18. The summed E-state index contributed by atoms with van der Waals surface area (Å²) in [6.45, 7) is 1.93. The van der Waals surface area contributed by atoms with Crippen LogP contribution < -0.4 is 5.32 Å². The van der Waals surface area contributed by atoms with Crippen molar-refractivity contribution in [2.45, 2.75) is 12.2 Å². The Morgan fingerprint density at radius 2 is 2.29 bits per heavy atom. The van der Waals surface area contributed by atoms with Gasteiger partial charge in [0.25, 0.3) is 0 Å². The Balaban J connectivity index is 3.35. The number of hydrogen-bond donors (Lipinski definition) is 2. The van der Waals surface area contributed by atoms with Crippen molar-refractivity contribution in [3.05, 3.63) is 0 Å². The summed E-state index contributed by atoms with van der Waals surface area (Å²) < 4.78 is 0. The normalized spacial score (nSPS) is 13.0. The van der Waals surface area contributed by atoms with E-state index in [0.29, 0.717) is 0 Å². The summed E-state index contributed by atoms with van der Waals surface area (Å²) in [6, 6.07) is 0. The molecule has 0 aromatic rings. The summed E-state index contributed by atoms with van der Waals surface area (Å²) in [6.07, 6.45) is 0. The van der Waals surface area contributed by atoms with Gasteiger partial charge >= 0.3 is 0 Å². The van der Waals surface area contributed by atoms with Crippen molar-refractivity contribution in [2.75, 3.05) is 7.05 Å². The first kappa shape index (κ1) is 7.24. The summed E-state index contributed by atoms with van der Waals surface area (Å²) >= 11 is 8.86. The van der Waals surface area contributed by atoms with Crippen LogP contribution in [-0.2, 0) is 0 Å². The predicted molar refractivity (Wildman–Crippen MR) is 40.1 cm³/mol. The lowest BCUT2D eigenvalue weighted by atomic mass is 10.5. The molecule has 42 valence electrons. The fourth-order valence-corrected chi connectivity index (χ4v) is 0.338. The third-order valence-corrected chi connectivity index (χ3v) is 1.62. The second kappa shape index (κ2) is 3.27. The largest absolute Gasteiger partial charge is 0.382 e. The average molecular weight is 135 g/mol. The lowest BCUT2D eigenvalue weighted by Gasteiger charge is -2.02. The molecule has 1 unspecified atom stereocenters. The molecule has 1 N–H and O–H groups in total. The topological polar surface area (TPSA) is 12.0 Å². The molecule has 0 aromatic heterocycles. The van der Waals surface area contributed by atoms with Gasteiger partial charge in [0, 0.05) is 12.3 Å². The van der Waals surface area contributed by atoms with E-state index in [1.807, 2.05) is 6.92 Å². The summed E-state index contributed by atoms with van der Waals surface area (Å²) in [5.74, 6) is 0. The highest BCUT2D eigenvalue weighted by Gasteiger charge is 1.96. The first-order valence-corrected chi connectivity index (χ1v) is 3.00. The van der Waals surface area contributed by atoms with Crippen LogP contribution in [0.3, 0.4) is 0 Å². The molecule has 7 heavy (non-hydrogen) atoms. The summed E-state index contributed by atoms with van der Waals surface area (Å²) in [7, 11) is 1.80. The Labute approximate surface area is 54.9 Å². The van der Waals surface area contributed by atoms with E-state index in [-0.39, 0.29) is 5.25 Å². The molecule has 3 heteroatoms. The molecule has 1 atom stereocenters. The van der Waals surface area contributed by atoms with E-state index in [1.54, 1.807) is 7.05 Å². The highest BCUT2D eigenvalue weighted by Crippen LogP contribution is 1.91. The molecule has 0 aromatic carbocycles. The molecule has 0 spiro atoms. The number of rotatable bonds is 1. The zero-order valence-electron chi connectivity index (χ0n) is 4.43. The van der Waals surface area contributed by atoms with Gasteiger partial charge in [0.1, 0.15) is 0 Å². The van der Waals surface area contributed by atoms with Gasteiger partial charge in [-0.1, -0.05) is 12.2 Å². The molecular formula is C4H9NS2. The second-order valence-electron chi connectivity index (χ2n) is 1.29. The number of thiol groups is 1. The fourth-order valence-electron chi connectivity index (χ4n) is 0.209. The van der Waals surface area contributed by atoms with E-state index in [1.165, 1.54) is 0 Å². The minimum Gasteiger partial charge on any atom is -0.382 e. The van der Waals surface area contributed by atoms with Crippen molar-refractivity contribution in [1.82, 2.24) is 5.32 Å². The van der Waals surface area contributed by atoms with E-state index >= 15 is 0 Å². The Morgan fingerprint density at radius 1 is 1.86 bits per heavy atom. The summed E-state index contributed by atoms with van der Waals surface area (Å²) in [4.78, 5) is 0.795. The zero-order valence-corrected chi connectivity index (χ0v) is 6.14. The molecule has 0 rings (SSSR count). The average Bonchev–Trinajstić information content (AvgIpc) is 1.65. The second-order valence-corrected chi connectivity index (χ2v) is 2.50. The molecule has 0 radical (unpaired) electrons. The molecule has 0 aliphatic rings. The third kappa shape index (κ3) is 2.88. The monoisotopic (exact) mass is 135 g/mol. The Kier molecular flexibility index (Phi) is 3.38. The maximum Gasteiger partial charge on any atom is 0.0877 e. The standard InChI is InChI=1S/C4H9NS2/c1-3(6)4(7)5-2/h3,6H,1-2H3,(H,5,7). The number of thiocarbonyl (C=S) groups is 1. The molecule has 0 aliphatic carbocycles. The maximum atomic E-state index is 4.79. The van der Waals surface area contributed by atoms with Gasteiger partial charge in [0.15, 0.2) is 0 Å². The molecule has 0 amide bonds. The number of hydrogen-bond acceptors (Lipinski definition) is 2. The molecule has 0 saturated carbocycles. The quantitative estimate of drug-likeness (QED) is 0.408. The van der Waals surface area contributed by atoms with E-state index in [9.17, 15) is 0 Å². The molecule has 0 bridgehead atoms. The summed E-state index contributed by atoms with van der Waals surface area (Å²) in [5, 5.41) is 3.00. The maximum absolute atomic E-state index is 4.79. The van der Waals surface area contributed by atoms with Gasteiger partial charge in [-0.3, -0.25) is 0 Å². The van der Waals surface area contributed by atoms with Crippen LogP contribution in [0.25, 0.3) is 0 Å². The van der Waals surface area contributed by atoms with E-state index in [2.05, 4.69) is 17.9 Å². The number of nitrogens with one attached hydrogen (secondary N) is 1. The van der Waals surface area contributed by atoms with Gasteiger partial charge < -0.3 is 5.32 Å². The van der Waals surface area contributed by atoms with Gasteiger partial charge in [-0.05, 0) is 6.92 Å². The van der Waals surface area contributed by atoms with Crippen LogP contribution in [-0.4, -0.2) is 17.3 Å². The third-order valence-electron chi connectivity index (χ3n) is 0.626. The van der Waals surface area contributed by atoms with Gasteiger partial charge in [0.2, 0.25) is 0 Å². The lowest BCUT2D eigenvalue weighted by molar-refractivity contribution is 1.14. The fraction of sp³-hybridized carbons (Fsp3) is 0.750. The van der Waals surface area contributed by atoms with E-state index < -0.39 is 0 Å². The smallest absolute Gasteiger partial charge is 0.0877 e. The molecular weight excluding hydrogens is 126 g/mol. The highest BCUT2D eigenvalue weighted by atomic mass is 32.1. The SMILES string of the molecule is CNC(=S)C(C)S. The van der Waals surface area contributed by atoms with Crippen LogP contribution in [0, 0.1) is 0 Å². The minimum absolute atomic E-state index is 0.181. The van der Waals surface area contributed by atoms with Crippen LogP contribution in [0.1, 0.15) is 6.92 Å². The van der Waals surface area contributed by atoms with Crippen molar-refractivity contribution < 1.29 is 0 Å². The van der Waals surface area contributed by atoms with Crippen molar-refractivity contribution in [1.29, 1.82) is 0 Å². The molecule has 0 saturated heterocycles. The minimum atomic E-state index is 0.181. The Morgan fingerprint density at radius 3 is 2.29 bits per heavy atom. The van der Waals surface area contributed by atoms with Crippen LogP contribution >= 0.6 is 24.8 Å². The lowest BCUT2D eigenvalue weighted by Crippen LogP contribution is -2.23. The van der Waals surface area contributed by atoms with Gasteiger partial charge in [0.05, 0.1) is 4.99 Å². The van der Waals surface area contributed by atoms with Crippen molar-refractivity contribution in [2.24, 2.45) is 0 Å². The van der Waals surface area contributed by atoms with E-state index in [0.717, 1.165) is 4.99 Å². The highest BCUT2D eigenvalue weighted by molar-refractivity contribution is 7.86. The van der Waals surface area contributed by atoms with Gasteiger partial charge in [-0.25, -0.2) is 0 Å². The first-order valence-electron chi connectivity index (χ1n) is 2.08. The Bertz CT molecular complexity index is 70.1.